The third-order valence-corrected chi connectivity index (χ3v) is 5.03. The van der Waals surface area contributed by atoms with Gasteiger partial charge in [0, 0.05) is 32.7 Å². The maximum Gasteiger partial charge on any atom is 0.387 e. The van der Waals surface area contributed by atoms with Crippen LogP contribution in [0.15, 0.2) is 36.9 Å². The highest BCUT2D eigenvalue weighted by molar-refractivity contribution is 5.92. The highest BCUT2D eigenvalue weighted by Crippen LogP contribution is 2.44. The number of carboxylic acids is 1. The standard InChI is InChI=1S/C18H20F2N2O4/c1-2-7-22-11-18(16(24)25)10-21(9-14(18)15(22)23)8-12-3-5-13(6-4-12)26-17(19)20/h2-6,14,17H,1,7-11H2,(H,24,25)/t14-,18-/m0/s1. The second-order valence-electron chi connectivity index (χ2n) is 6.71. The van der Waals surface area contributed by atoms with Gasteiger partial charge in [-0.15, -0.1) is 6.58 Å². The molecule has 0 unspecified atom stereocenters. The van der Waals surface area contributed by atoms with Crippen molar-refractivity contribution in [2.24, 2.45) is 11.3 Å². The Morgan fingerprint density at radius 3 is 2.62 bits per heavy atom. The molecule has 0 aromatic heterocycles. The number of benzene rings is 1. The van der Waals surface area contributed by atoms with E-state index in [1.165, 1.54) is 12.1 Å². The van der Waals surface area contributed by atoms with Crippen molar-refractivity contribution in [1.82, 2.24) is 9.80 Å². The topological polar surface area (TPSA) is 70.1 Å². The van der Waals surface area contributed by atoms with Gasteiger partial charge in [0.15, 0.2) is 0 Å². The Balaban J connectivity index is 1.70. The monoisotopic (exact) mass is 366 g/mol. The van der Waals surface area contributed by atoms with Crippen molar-refractivity contribution in [3.8, 4) is 5.75 Å². The molecule has 1 aromatic carbocycles. The zero-order chi connectivity index (χ0) is 18.9. The first kappa shape index (κ1) is 18.3. The Hall–Kier alpha value is -2.48. The Morgan fingerprint density at radius 1 is 1.38 bits per heavy atom. The molecule has 1 N–H and O–H groups in total. The first-order valence-corrected chi connectivity index (χ1v) is 8.25. The normalized spacial score (nSPS) is 25.6. The van der Waals surface area contributed by atoms with Crippen LogP contribution in [0.1, 0.15) is 5.56 Å². The number of amides is 1. The lowest BCUT2D eigenvalue weighted by Gasteiger charge is -2.24. The summed E-state index contributed by atoms with van der Waals surface area (Å²) in [5, 5.41) is 9.76. The van der Waals surface area contributed by atoms with E-state index >= 15 is 0 Å². The third-order valence-electron chi connectivity index (χ3n) is 5.03. The molecule has 2 saturated heterocycles. The minimum absolute atomic E-state index is 0.0688. The predicted molar refractivity (Wildman–Crippen MR) is 88.7 cm³/mol. The summed E-state index contributed by atoms with van der Waals surface area (Å²) in [5.74, 6) is -1.64. The molecule has 1 aromatic rings. The number of carboxylic acid groups (broad SMARTS) is 1. The van der Waals surface area contributed by atoms with Crippen LogP contribution >= 0.6 is 0 Å². The first-order valence-electron chi connectivity index (χ1n) is 8.25. The number of fused-ring (bicyclic) bond motifs is 1. The fourth-order valence-electron chi connectivity index (χ4n) is 3.87. The molecular weight excluding hydrogens is 346 g/mol. The van der Waals surface area contributed by atoms with Gasteiger partial charge in [-0.1, -0.05) is 18.2 Å². The average Bonchev–Trinajstić information content (AvgIpc) is 3.05. The van der Waals surface area contributed by atoms with Gasteiger partial charge in [-0.05, 0) is 17.7 Å². The fourth-order valence-corrected chi connectivity index (χ4v) is 3.87. The van der Waals surface area contributed by atoms with E-state index in [9.17, 15) is 23.5 Å². The molecule has 3 rings (SSSR count). The van der Waals surface area contributed by atoms with Gasteiger partial charge in [-0.3, -0.25) is 14.5 Å². The van der Waals surface area contributed by atoms with Gasteiger partial charge in [-0.25, -0.2) is 0 Å². The van der Waals surface area contributed by atoms with Crippen LogP contribution in [0.2, 0.25) is 0 Å². The number of nitrogens with zero attached hydrogens (tertiary/aromatic N) is 2. The summed E-state index contributed by atoms with van der Waals surface area (Å²) in [6, 6.07) is 6.21. The van der Waals surface area contributed by atoms with Crippen LogP contribution in [0.3, 0.4) is 0 Å². The quantitative estimate of drug-likeness (QED) is 0.746. The molecule has 140 valence electrons. The van der Waals surface area contributed by atoms with Crippen LogP contribution in [0.25, 0.3) is 0 Å². The van der Waals surface area contributed by atoms with Gasteiger partial charge in [0.25, 0.3) is 0 Å². The van der Waals surface area contributed by atoms with Crippen LogP contribution in [-0.2, 0) is 16.1 Å². The van der Waals surface area contributed by atoms with Crippen LogP contribution in [0.5, 0.6) is 5.75 Å². The highest BCUT2D eigenvalue weighted by Gasteiger charge is 2.61. The lowest BCUT2D eigenvalue weighted by molar-refractivity contribution is -0.149. The summed E-state index contributed by atoms with van der Waals surface area (Å²) in [6.45, 7) is 2.31. The minimum Gasteiger partial charge on any atom is -0.481 e. The fraction of sp³-hybridized carbons (Fsp3) is 0.444. The van der Waals surface area contributed by atoms with E-state index in [0.29, 0.717) is 19.6 Å². The molecule has 2 aliphatic heterocycles. The number of likely N-dealkylation sites (tertiary alicyclic amines) is 2. The summed E-state index contributed by atoms with van der Waals surface area (Å²) < 4.78 is 28.7. The molecule has 8 heteroatoms. The van der Waals surface area contributed by atoms with Gasteiger partial charge >= 0.3 is 12.6 Å². The molecule has 0 aliphatic carbocycles. The number of rotatable bonds is 7. The summed E-state index contributed by atoms with van der Waals surface area (Å²) in [6.07, 6.45) is 1.59. The number of halogens is 2. The SMILES string of the molecule is C=CCN1C[C@@]2(C(=O)O)CN(Cc3ccc(OC(F)F)cc3)C[C@H]2C1=O. The maximum absolute atomic E-state index is 12.5. The summed E-state index contributed by atoms with van der Waals surface area (Å²) in [4.78, 5) is 27.9. The Labute approximate surface area is 149 Å². The van der Waals surface area contributed by atoms with Crippen LogP contribution in [0.4, 0.5) is 8.78 Å². The van der Waals surface area contributed by atoms with Crippen molar-refractivity contribution >= 4 is 11.9 Å². The van der Waals surface area contributed by atoms with Crippen molar-refractivity contribution in [2.45, 2.75) is 13.2 Å². The molecule has 6 nitrogen and oxygen atoms in total. The van der Waals surface area contributed by atoms with Gasteiger partial charge in [0.1, 0.15) is 11.2 Å². The molecule has 2 fully saturated rings. The molecular formula is C18H20F2N2O4. The van der Waals surface area contributed by atoms with E-state index in [-0.39, 0.29) is 24.7 Å². The number of aliphatic carboxylic acids is 1. The molecule has 1 amide bonds. The Bertz CT molecular complexity index is 710. The van der Waals surface area contributed by atoms with Crippen LogP contribution in [0, 0.1) is 11.3 Å². The largest absolute Gasteiger partial charge is 0.481 e. The molecule has 2 aliphatic rings. The zero-order valence-electron chi connectivity index (χ0n) is 14.1. The predicted octanol–water partition coefficient (Wildman–Crippen LogP) is 1.82. The van der Waals surface area contributed by atoms with E-state index in [0.717, 1.165) is 5.56 Å². The molecule has 26 heavy (non-hydrogen) atoms. The summed E-state index contributed by atoms with van der Waals surface area (Å²) in [7, 11) is 0. The van der Waals surface area contributed by atoms with Gasteiger partial charge in [0.2, 0.25) is 5.91 Å². The number of hydrogen-bond donors (Lipinski definition) is 1. The number of alkyl halides is 2. The van der Waals surface area contributed by atoms with E-state index in [1.807, 2.05) is 4.90 Å². The lowest BCUT2D eigenvalue weighted by atomic mass is 9.81. The third kappa shape index (κ3) is 3.29. The molecule has 0 radical (unpaired) electrons. The van der Waals surface area contributed by atoms with Gasteiger partial charge in [-0.2, -0.15) is 8.78 Å². The molecule has 2 heterocycles. The molecule has 0 spiro atoms. The highest BCUT2D eigenvalue weighted by atomic mass is 19.3. The summed E-state index contributed by atoms with van der Waals surface area (Å²) in [5.41, 5.74) is -0.277. The zero-order valence-corrected chi connectivity index (χ0v) is 14.1. The number of carbonyl (C=O) groups excluding carboxylic acids is 1. The van der Waals surface area contributed by atoms with Crippen molar-refractivity contribution in [1.29, 1.82) is 0 Å². The second-order valence-corrected chi connectivity index (χ2v) is 6.71. The summed E-state index contributed by atoms with van der Waals surface area (Å²) >= 11 is 0. The van der Waals surface area contributed by atoms with Crippen molar-refractivity contribution in [2.75, 3.05) is 26.2 Å². The molecule has 0 saturated carbocycles. The molecule has 0 bridgehead atoms. The van der Waals surface area contributed by atoms with Gasteiger partial charge in [0.05, 0.1) is 5.92 Å². The first-order chi connectivity index (χ1) is 12.4. The smallest absolute Gasteiger partial charge is 0.387 e. The van der Waals surface area contributed by atoms with Crippen LogP contribution in [-0.4, -0.2) is 59.6 Å². The Kier molecular flexibility index (Phi) is 4.95. The van der Waals surface area contributed by atoms with Crippen molar-refractivity contribution in [3.05, 3.63) is 42.5 Å². The number of hydrogen-bond acceptors (Lipinski definition) is 4. The molecule has 2 atom stereocenters. The van der Waals surface area contributed by atoms with E-state index in [1.54, 1.807) is 23.1 Å². The second kappa shape index (κ2) is 7.03. The maximum atomic E-state index is 12.5. The van der Waals surface area contributed by atoms with Gasteiger partial charge < -0.3 is 14.7 Å². The van der Waals surface area contributed by atoms with E-state index in [4.69, 9.17) is 0 Å². The number of carbonyl (C=O) groups is 2. The average molecular weight is 366 g/mol. The van der Waals surface area contributed by atoms with Crippen LogP contribution < -0.4 is 4.74 Å². The lowest BCUT2D eigenvalue weighted by Crippen LogP contribution is -2.40. The minimum atomic E-state index is -2.88. The van der Waals surface area contributed by atoms with Crippen molar-refractivity contribution < 1.29 is 28.2 Å². The Morgan fingerprint density at radius 2 is 2.08 bits per heavy atom. The van der Waals surface area contributed by atoms with Crippen molar-refractivity contribution in [3.63, 3.8) is 0 Å². The van der Waals surface area contributed by atoms with E-state index in [2.05, 4.69) is 11.3 Å². The number of ether oxygens (including phenoxy) is 1. The van der Waals surface area contributed by atoms with E-state index < -0.39 is 23.9 Å².